The first-order valence-electron chi connectivity index (χ1n) is 8.95. The van der Waals surface area contributed by atoms with Crippen LogP contribution in [0.5, 0.6) is 0 Å². The summed E-state index contributed by atoms with van der Waals surface area (Å²) in [4.78, 5) is 22.1. The first kappa shape index (κ1) is 18.4. The monoisotopic (exact) mass is 399 g/mol. The van der Waals surface area contributed by atoms with Crippen LogP contribution in [0.1, 0.15) is 40.6 Å². The fourth-order valence-electron chi connectivity index (χ4n) is 4.42. The molecule has 1 heterocycles. The van der Waals surface area contributed by atoms with Crippen molar-refractivity contribution in [2.75, 3.05) is 5.32 Å². The van der Waals surface area contributed by atoms with E-state index in [0.29, 0.717) is 11.3 Å². The quantitative estimate of drug-likeness (QED) is 0.411. The van der Waals surface area contributed by atoms with Gasteiger partial charge in [0.2, 0.25) is 0 Å². The van der Waals surface area contributed by atoms with Crippen molar-refractivity contribution in [3.8, 4) is 0 Å². The van der Waals surface area contributed by atoms with Gasteiger partial charge in [-0.2, -0.15) is 0 Å². The number of benzene rings is 2. The second-order valence-corrected chi connectivity index (χ2v) is 7.73. The minimum Gasteiger partial charge on any atom is -0.372 e. The Hall–Kier alpha value is -2.93. The molecule has 1 N–H and O–H groups in total. The van der Waals surface area contributed by atoms with Crippen molar-refractivity contribution >= 4 is 28.7 Å². The van der Waals surface area contributed by atoms with Gasteiger partial charge in [0.15, 0.2) is 0 Å². The van der Waals surface area contributed by atoms with Crippen molar-refractivity contribution in [1.82, 2.24) is 0 Å². The van der Waals surface area contributed by atoms with E-state index in [4.69, 9.17) is 11.6 Å². The lowest BCUT2D eigenvalue weighted by molar-refractivity contribution is -0.384. The molecule has 8 heteroatoms. The van der Waals surface area contributed by atoms with Gasteiger partial charge in [-0.25, -0.2) is 0 Å². The molecule has 2 aliphatic rings. The van der Waals surface area contributed by atoms with Gasteiger partial charge in [-0.15, -0.1) is 0 Å². The molecule has 2 aromatic carbocycles. The lowest BCUT2D eigenvalue weighted by Crippen LogP contribution is -2.30. The fourth-order valence-corrected chi connectivity index (χ4v) is 4.60. The molecule has 0 fully saturated rings. The third kappa shape index (κ3) is 2.74. The standard InChI is InChI=1S/C20H18ClN3O4/c1-10-8-17(24(27)28)20-18(11(10)2)13-4-3-5-14(13)19(22-20)12-6-7-15(21)16(9-12)23(25)26/h3-4,6-9,13-14,19,22H,5H2,1-2H3/t13-,14+,19-/m1/s1. The molecule has 0 saturated carbocycles. The number of rotatable bonds is 3. The van der Waals surface area contributed by atoms with Gasteiger partial charge in [-0.1, -0.05) is 29.8 Å². The summed E-state index contributed by atoms with van der Waals surface area (Å²) in [6.45, 7) is 3.86. The van der Waals surface area contributed by atoms with Crippen LogP contribution in [-0.2, 0) is 0 Å². The maximum atomic E-state index is 11.7. The van der Waals surface area contributed by atoms with Crippen LogP contribution in [0.25, 0.3) is 0 Å². The number of aryl methyl sites for hydroxylation is 1. The topological polar surface area (TPSA) is 98.3 Å². The molecule has 1 aliphatic carbocycles. The molecule has 28 heavy (non-hydrogen) atoms. The zero-order valence-electron chi connectivity index (χ0n) is 15.3. The van der Waals surface area contributed by atoms with Crippen molar-refractivity contribution in [3.05, 3.63) is 83.9 Å². The molecule has 3 atom stereocenters. The van der Waals surface area contributed by atoms with E-state index in [1.54, 1.807) is 12.1 Å². The predicted octanol–water partition coefficient (Wildman–Crippen LogP) is 5.60. The van der Waals surface area contributed by atoms with Crippen molar-refractivity contribution < 1.29 is 9.85 Å². The molecule has 0 bridgehead atoms. The maximum absolute atomic E-state index is 11.7. The Morgan fingerprint density at radius 3 is 2.50 bits per heavy atom. The van der Waals surface area contributed by atoms with Crippen LogP contribution in [0.15, 0.2) is 36.4 Å². The molecule has 0 aromatic heterocycles. The second kappa shape index (κ2) is 6.60. The molecule has 0 unspecified atom stereocenters. The number of hydrogen-bond acceptors (Lipinski definition) is 5. The van der Waals surface area contributed by atoms with E-state index in [0.717, 1.165) is 23.1 Å². The van der Waals surface area contributed by atoms with Gasteiger partial charge in [0.05, 0.1) is 15.9 Å². The summed E-state index contributed by atoms with van der Waals surface area (Å²) < 4.78 is 0. The molecule has 1 aliphatic heterocycles. The lowest BCUT2D eigenvalue weighted by atomic mass is 9.74. The summed E-state index contributed by atoms with van der Waals surface area (Å²) in [5.41, 5.74) is 3.94. The fraction of sp³-hybridized carbons (Fsp3) is 0.300. The summed E-state index contributed by atoms with van der Waals surface area (Å²) in [6.07, 6.45) is 4.97. The number of nitro groups is 2. The number of anilines is 1. The smallest absolute Gasteiger partial charge is 0.292 e. The SMILES string of the molecule is Cc1cc([N+](=O)[O-])c2c(c1C)[C@@H]1C=CC[C@@H]1[C@@H](c1ccc(Cl)c([N+](=O)[O-])c1)N2. The van der Waals surface area contributed by atoms with Gasteiger partial charge in [-0.05, 0) is 54.5 Å². The molecule has 0 amide bonds. The number of nitro benzene ring substituents is 2. The minimum absolute atomic E-state index is 0.0228. The zero-order chi connectivity index (χ0) is 20.2. The average molecular weight is 400 g/mol. The Kier molecular flexibility index (Phi) is 4.34. The van der Waals surface area contributed by atoms with Gasteiger partial charge in [0, 0.05) is 18.1 Å². The average Bonchev–Trinajstić information content (AvgIpc) is 3.13. The lowest BCUT2D eigenvalue weighted by Gasteiger charge is -2.38. The number of fused-ring (bicyclic) bond motifs is 3. The maximum Gasteiger partial charge on any atom is 0.292 e. The van der Waals surface area contributed by atoms with Crippen LogP contribution in [0.4, 0.5) is 17.1 Å². The summed E-state index contributed by atoms with van der Waals surface area (Å²) in [5, 5.41) is 26.4. The van der Waals surface area contributed by atoms with Crippen molar-refractivity contribution in [1.29, 1.82) is 0 Å². The van der Waals surface area contributed by atoms with Crippen molar-refractivity contribution in [3.63, 3.8) is 0 Å². The largest absolute Gasteiger partial charge is 0.372 e. The molecule has 2 aromatic rings. The van der Waals surface area contributed by atoms with E-state index < -0.39 is 4.92 Å². The number of halogens is 1. The molecule has 4 rings (SSSR count). The molecular formula is C20H18ClN3O4. The molecule has 0 spiro atoms. The summed E-state index contributed by atoms with van der Waals surface area (Å²) in [6, 6.07) is 6.03. The number of nitrogens with zero attached hydrogens (tertiary/aromatic N) is 2. The molecule has 0 radical (unpaired) electrons. The van der Waals surface area contributed by atoms with E-state index in [1.165, 1.54) is 12.1 Å². The van der Waals surface area contributed by atoms with Gasteiger partial charge < -0.3 is 5.32 Å². The first-order chi connectivity index (χ1) is 13.3. The third-order valence-electron chi connectivity index (χ3n) is 5.87. The first-order valence-corrected chi connectivity index (χ1v) is 9.33. The normalized spacial score (nSPS) is 22.3. The predicted molar refractivity (Wildman–Crippen MR) is 107 cm³/mol. The highest BCUT2D eigenvalue weighted by atomic mass is 35.5. The van der Waals surface area contributed by atoms with Crippen molar-refractivity contribution in [2.45, 2.75) is 32.2 Å². The van der Waals surface area contributed by atoms with Crippen molar-refractivity contribution in [2.24, 2.45) is 5.92 Å². The van der Waals surface area contributed by atoms with Gasteiger partial charge in [-0.3, -0.25) is 20.2 Å². The zero-order valence-corrected chi connectivity index (χ0v) is 16.1. The number of allylic oxidation sites excluding steroid dienone is 2. The van der Waals surface area contributed by atoms with E-state index in [-0.39, 0.29) is 39.2 Å². The Bertz CT molecular complexity index is 1050. The Morgan fingerprint density at radius 1 is 1.11 bits per heavy atom. The van der Waals surface area contributed by atoms with Gasteiger partial charge in [0.25, 0.3) is 11.4 Å². The van der Waals surface area contributed by atoms with Gasteiger partial charge in [0.1, 0.15) is 10.7 Å². The highest BCUT2D eigenvalue weighted by Gasteiger charge is 2.42. The molecule has 7 nitrogen and oxygen atoms in total. The van der Waals surface area contributed by atoms with Crippen LogP contribution >= 0.6 is 11.6 Å². The van der Waals surface area contributed by atoms with E-state index >= 15 is 0 Å². The van der Waals surface area contributed by atoms with E-state index in [2.05, 4.69) is 17.5 Å². The number of nitrogens with one attached hydrogen (secondary N) is 1. The van der Waals surface area contributed by atoms with Gasteiger partial charge >= 0.3 is 0 Å². The summed E-state index contributed by atoms with van der Waals surface area (Å²) >= 11 is 5.96. The van der Waals surface area contributed by atoms with Crippen LogP contribution in [0.2, 0.25) is 5.02 Å². The number of hydrogen-bond donors (Lipinski definition) is 1. The molecular weight excluding hydrogens is 382 g/mol. The molecule has 0 saturated heterocycles. The highest BCUT2D eigenvalue weighted by Crippen LogP contribution is 2.54. The Labute approximate surface area is 166 Å². The molecule has 144 valence electrons. The van der Waals surface area contributed by atoms with Crippen LogP contribution in [-0.4, -0.2) is 9.85 Å². The van der Waals surface area contributed by atoms with Crippen LogP contribution in [0, 0.1) is 40.0 Å². The highest BCUT2D eigenvalue weighted by molar-refractivity contribution is 6.32. The summed E-state index contributed by atoms with van der Waals surface area (Å²) in [5.74, 6) is 0.142. The third-order valence-corrected chi connectivity index (χ3v) is 6.19. The Morgan fingerprint density at radius 2 is 1.82 bits per heavy atom. The van der Waals surface area contributed by atoms with Crippen LogP contribution < -0.4 is 5.32 Å². The summed E-state index contributed by atoms with van der Waals surface area (Å²) in [7, 11) is 0. The Balaban J connectivity index is 1.90. The minimum atomic E-state index is -0.511. The van der Waals surface area contributed by atoms with E-state index in [9.17, 15) is 20.2 Å². The van der Waals surface area contributed by atoms with E-state index in [1.807, 2.05) is 13.8 Å². The van der Waals surface area contributed by atoms with Crippen LogP contribution in [0.3, 0.4) is 0 Å². The second-order valence-electron chi connectivity index (χ2n) is 7.33.